The van der Waals surface area contributed by atoms with Crippen molar-refractivity contribution >= 4 is 30.9 Å². The molecule has 0 aliphatic rings. The van der Waals surface area contributed by atoms with Gasteiger partial charge in [-0.15, -0.1) is 0 Å². The molecule has 1 nitrogen and oxygen atoms in total. The molecule has 0 fully saturated rings. The molecule has 0 N–H and O–H groups in total. The van der Waals surface area contributed by atoms with E-state index in [1.54, 1.807) is 0 Å². The third kappa shape index (κ3) is 14.9. The van der Waals surface area contributed by atoms with E-state index in [1.165, 1.54) is 55.8 Å². The highest BCUT2D eigenvalue weighted by Gasteiger charge is 2.12. The van der Waals surface area contributed by atoms with Crippen molar-refractivity contribution in [3.63, 3.8) is 0 Å². The molecule has 0 aliphatic heterocycles. The van der Waals surface area contributed by atoms with Gasteiger partial charge in [0.2, 0.25) is 0 Å². The molecule has 16 heavy (non-hydrogen) atoms. The van der Waals surface area contributed by atoms with E-state index < -0.39 is 8.32 Å². The molecular weight excluding hydrogens is 327 g/mol. The Kier molecular flexibility index (Phi) is 11.6. The van der Waals surface area contributed by atoms with Gasteiger partial charge in [0.05, 0.1) is 0 Å². The normalized spacial score (nSPS) is 12.0. The van der Waals surface area contributed by atoms with Crippen LogP contribution in [0, 0.1) is 0 Å². The lowest BCUT2D eigenvalue weighted by Gasteiger charge is -2.16. The molecule has 0 bridgehead atoms. The van der Waals surface area contributed by atoms with Gasteiger partial charge in [0.15, 0.2) is 8.32 Å². The van der Waals surface area contributed by atoms with Crippen molar-refractivity contribution in [3.8, 4) is 0 Å². The fourth-order valence-corrected chi connectivity index (χ4v) is 2.93. The predicted octanol–water partition coefficient (Wildman–Crippen LogP) is 5.39. The zero-order valence-electron chi connectivity index (χ0n) is 11.4. The zero-order valence-corrected chi connectivity index (χ0v) is 14.5. The number of unbranched alkanes of at least 4 members (excludes halogenated alkanes) is 7. The first-order chi connectivity index (χ1) is 7.56. The number of alkyl halides is 1. The van der Waals surface area contributed by atoms with Crippen LogP contribution in [0.15, 0.2) is 0 Å². The minimum absolute atomic E-state index is 0.991. The van der Waals surface area contributed by atoms with Gasteiger partial charge in [0.25, 0.3) is 0 Å². The van der Waals surface area contributed by atoms with Gasteiger partial charge in [0, 0.05) is 6.61 Å². The van der Waals surface area contributed by atoms with Crippen molar-refractivity contribution in [2.45, 2.75) is 71.0 Å². The van der Waals surface area contributed by atoms with Crippen molar-refractivity contribution in [3.05, 3.63) is 0 Å². The van der Waals surface area contributed by atoms with Gasteiger partial charge in [-0.05, 0) is 36.9 Å². The van der Waals surface area contributed by atoms with Crippen LogP contribution in [0.3, 0.4) is 0 Å². The van der Waals surface area contributed by atoms with Crippen LogP contribution in [0.2, 0.25) is 19.6 Å². The SMILES string of the molecule is C[Si](C)(C)OCCCCCCCCCCI. The fraction of sp³-hybridized carbons (Fsp3) is 1.00. The minimum atomic E-state index is -1.25. The van der Waals surface area contributed by atoms with Crippen molar-refractivity contribution in [2.75, 3.05) is 11.0 Å². The first-order valence-electron chi connectivity index (χ1n) is 6.76. The predicted molar refractivity (Wildman–Crippen MR) is 85.1 cm³/mol. The molecule has 0 aromatic rings. The van der Waals surface area contributed by atoms with E-state index >= 15 is 0 Å². The Morgan fingerprint density at radius 2 is 1.19 bits per heavy atom. The first-order valence-corrected chi connectivity index (χ1v) is 11.7. The van der Waals surface area contributed by atoms with E-state index in [9.17, 15) is 0 Å². The van der Waals surface area contributed by atoms with Crippen LogP contribution in [0.4, 0.5) is 0 Å². The van der Waals surface area contributed by atoms with E-state index in [-0.39, 0.29) is 0 Å². The van der Waals surface area contributed by atoms with Gasteiger partial charge in [-0.2, -0.15) is 0 Å². The lowest BCUT2D eigenvalue weighted by atomic mass is 10.1. The third-order valence-electron chi connectivity index (χ3n) is 2.56. The molecule has 0 aliphatic carbocycles. The summed E-state index contributed by atoms with van der Waals surface area (Å²) in [6.07, 6.45) is 11.2. The molecule has 0 heterocycles. The standard InChI is InChI=1S/C13H29IOSi/c1-16(2,3)15-13-11-9-7-5-4-6-8-10-12-14/h4-13H2,1-3H3. The third-order valence-corrected chi connectivity index (χ3v) is 4.40. The summed E-state index contributed by atoms with van der Waals surface area (Å²) in [6, 6.07) is 0. The highest BCUT2D eigenvalue weighted by Crippen LogP contribution is 2.10. The summed E-state index contributed by atoms with van der Waals surface area (Å²) in [5.41, 5.74) is 0. The largest absolute Gasteiger partial charge is 0.418 e. The average molecular weight is 356 g/mol. The van der Waals surface area contributed by atoms with E-state index in [0.29, 0.717) is 0 Å². The molecule has 98 valence electrons. The molecule has 0 atom stereocenters. The Morgan fingerprint density at radius 1 is 0.750 bits per heavy atom. The summed E-state index contributed by atoms with van der Waals surface area (Å²) in [7, 11) is -1.25. The smallest absolute Gasteiger partial charge is 0.183 e. The Bertz CT molecular complexity index is 145. The molecule has 0 spiro atoms. The summed E-state index contributed by atoms with van der Waals surface area (Å²) in [5, 5.41) is 0. The van der Waals surface area contributed by atoms with Gasteiger partial charge in [-0.1, -0.05) is 61.1 Å². The van der Waals surface area contributed by atoms with Crippen molar-refractivity contribution in [1.82, 2.24) is 0 Å². The molecule has 0 amide bonds. The molecular formula is C13H29IOSi. The molecule has 3 heteroatoms. The van der Waals surface area contributed by atoms with Crippen LogP contribution < -0.4 is 0 Å². The fourth-order valence-electron chi connectivity index (χ4n) is 1.64. The minimum Gasteiger partial charge on any atom is -0.418 e. The quantitative estimate of drug-likeness (QED) is 0.209. The Morgan fingerprint density at radius 3 is 1.62 bits per heavy atom. The van der Waals surface area contributed by atoms with Crippen LogP contribution in [-0.2, 0) is 4.43 Å². The van der Waals surface area contributed by atoms with Crippen LogP contribution in [0.1, 0.15) is 51.4 Å². The number of halogens is 1. The highest BCUT2D eigenvalue weighted by atomic mass is 127. The molecule has 0 saturated carbocycles. The maximum absolute atomic E-state index is 5.83. The van der Waals surface area contributed by atoms with Gasteiger partial charge >= 0.3 is 0 Å². The van der Waals surface area contributed by atoms with Crippen LogP contribution in [0.25, 0.3) is 0 Å². The van der Waals surface area contributed by atoms with E-state index in [4.69, 9.17) is 4.43 Å². The first kappa shape index (κ1) is 16.9. The van der Waals surface area contributed by atoms with Gasteiger partial charge < -0.3 is 4.43 Å². The Balaban J connectivity index is 2.99. The van der Waals surface area contributed by atoms with E-state index in [2.05, 4.69) is 42.2 Å². The van der Waals surface area contributed by atoms with Gasteiger partial charge in [0.1, 0.15) is 0 Å². The second-order valence-corrected chi connectivity index (χ2v) is 11.1. The summed E-state index contributed by atoms with van der Waals surface area (Å²) in [4.78, 5) is 0. The van der Waals surface area contributed by atoms with E-state index in [1.807, 2.05) is 0 Å². The summed E-state index contributed by atoms with van der Waals surface area (Å²) in [6.45, 7) is 7.78. The highest BCUT2D eigenvalue weighted by molar-refractivity contribution is 14.1. The lowest BCUT2D eigenvalue weighted by molar-refractivity contribution is 0.298. The number of hydrogen-bond donors (Lipinski definition) is 0. The van der Waals surface area contributed by atoms with Crippen molar-refractivity contribution < 1.29 is 4.43 Å². The van der Waals surface area contributed by atoms with Crippen LogP contribution in [0.5, 0.6) is 0 Å². The molecule has 0 saturated heterocycles. The molecule has 0 radical (unpaired) electrons. The maximum Gasteiger partial charge on any atom is 0.183 e. The van der Waals surface area contributed by atoms with Gasteiger partial charge in [-0.25, -0.2) is 0 Å². The lowest BCUT2D eigenvalue weighted by Crippen LogP contribution is -2.25. The second kappa shape index (κ2) is 11.0. The molecule has 0 rings (SSSR count). The van der Waals surface area contributed by atoms with Gasteiger partial charge in [-0.3, -0.25) is 0 Å². The number of rotatable bonds is 11. The second-order valence-electron chi connectivity index (χ2n) is 5.48. The number of hydrogen-bond acceptors (Lipinski definition) is 1. The van der Waals surface area contributed by atoms with Crippen molar-refractivity contribution in [2.24, 2.45) is 0 Å². The van der Waals surface area contributed by atoms with Crippen LogP contribution in [-0.4, -0.2) is 19.4 Å². The van der Waals surface area contributed by atoms with Crippen molar-refractivity contribution in [1.29, 1.82) is 0 Å². The molecule has 0 aromatic carbocycles. The molecule has 0 aromatic heterocycles. The van der Waals surface area contributed by atoms with E-state index in [0.717, 1.165) is 6.61 Å². The maximum atomic E-state index is 5.83. The Hall–Kier alpha value is 0.907. The zero-order chi connectivity index (χ0) is 12.3. The Labute approximate surface area is 117 Å². The summed E-state index contributed by atoms with van der Waals surface area (Å²) < 4.78 is 7.15. The van der Waals surface area contributed by atoms with Crippen LogP contribution >= 0.6 is 22.6 Å². The monoisotopic (exact) mass is 356 g/mol. The molecule has 0 unspecified atom stereocenters. The summed E-state index contributed by atoms with van der Waals surface area (Å²) >= 11 is 2.47. The summed E-state index contributed by atoms with van der Waals surface area (Å²) in [5.74, 6) is 0. The average Bonchev–Trinajstić information content (AvgIpc) is 2.19. The topological polar surface area (TPSA) is 9.23 Å².